The van der Waals surface area contributed by atoms with Crippen LogP contribution in [0.3, 0.4) is 0 Å². The van der Waals surface area contributed by atoms with E-state index >= 15 is 0 Å². The standard InChI is InChI=1S/C24H45NO2SSi/c1-18(11-10-12-19(2)16-26)13-14-23(27-29(8,9)24(5,6)7)20(3)15-22-17-28-21(4)25-22/h13,17,19-20,23,26H,10-12,14-16H2,1-9H3/b18-13-/t19-,20?,23-/m0/s1. The topological polar surface area (TPSA) is 42.4 Å². The molecule has 1 unspecified atom stereocenters. The van der Waals surface area contributed by atoms with Crippen LogP contribution in [0.4, 0.5) is 0 Å². The van der Waals surface area contributed by atoms with E-state index in [2.05, 4.69) is 78.0 Å². The van der Waals surface area contributed by atoms with Gasteiger partial charge in [-0.3, -0.25) is 0 Å². The Labute approximate surface area is 185 Å². The molecule has 1 N–H and O–H groups in total. The van der Waals surface area contributed by atoms with Crippen molar-refractivity contribution in [2.75, 3.05) is 6.61 Å². The first-order valence-corrected chi connectivity index (χ1v) is 15.0. The third-order valence-electron chi connectivity index (χ3n) is 6.36. The highest BCUT2D eigenvalue weighted by Crippen LogP contribution is 2.39. The van der Waals surface area contributed by atoms with E-state index in [9.17, 15) is 5.11 Å². The first kappa shape index (κ1) is 26.5. The van der Waals surface area contributed by atoms with Crippen LogP contribution < -0.4 is 0 Å². The summed E-state index contributed by atoms with van der Waals surface area (Å²) in [5, 5.41) is 12.7. The average Bonchev–Trinajstić information content (AvgIpc) is 3.01. The highest BCUT2D eigenvalue weighted by molar-refractivity contribution is 7.09. The minimum Gasteiger partial charge on any atom is -0.413 e. The lowest BCUT2D eigenvalue weighted by molar-refractivity contribution is 0.127. The van der Waals surface area contributed by atoms with Crippen LogP contribution in [0, 0.1) is 18.8 Å². The largest absolute Gasteiger partial charge is 0.413 e. The lowest BCUT2D eigenvalue weighted by Gasteiger charge is -2.41. The van der Waals surface area contributed by atoms with Gasteiger partial charge in [-0.25, -0.2) is 4.98 Å². The number of aryl methyl sites for hydroxylation is 1. The van der Waals surface area contributed by atoms with Crippen LogP contribution in [0.2, 0.25) is 18.1 Å². The number of allylic oxidation sites excluding steroid dienone is 1. The number of thiazole rings is 1. The molecule has 0 aromatic carbocycles. The lowest BCUT2D eigenvalue weighted by atomic mass is 9.95. The SMILES string of the molecule is C/C(=C/C[C@H](O[Si](C)(C)C(C)(C)C)C(C)Cc1csc(C)n1)CCC[C@H](C)CO. The first-order valence-electron chi connectivity index (χ1n) is 11.2. The predicted octanol–water partition coefficient (Wildman–Crippen LogP) is 7.16. The summed E-state index contributed by atoms with van der Waals surface area (Å²) in [7, 11) is -1.83. The molecular weight excluding hydrogens is 394 g/mol. The maximum Gasteiger partial charge on any atom is 0.192 e. The third kappa shape index (κ3) is 9.45. The van der Waals surface area contributed by atoms with Gasteiger partial charge in [0.05, 0.1) is 16.8 Å². The normalized spacial score (nSPS) is 16.7. The maximum absolute atomic E-state index is 9.20. The fraction of sp³-hybridized carbons (Fsp3) is 0.792. The Hall–Kier alpha value is -0.493. The quantitative estimate of drug-likeness (QED) is 0.277. The second kappa shape index (κ2) is 11.8. The Morgan fingerprint density at radius 1 is 1.31 bits per heavy atom. The molecule has 0 spiro atoms. The molecule has 1 aromatic heterocycles. The molecule has 5 heteroatoms. The summed E-state index contributed by atoms with van der Waals surface area (Å²) in [6.45, 7) is 20.7. The van der Waals surface area contributed by atoms with Crippen molar-refractivity contribution in [2.24, 2.45) is 11.8 Å². The van der Waals surface area contributed by atoms with Crippen molar-refractivity contribution in [2.45, 2.75) is 105 Å². The van der Waals surface area contributed by atoms with Crippen molar-refractivity contribution in [3.8, 4) is 0 Å². The fourth-order valence-electron chi connectivity index (χ4n) is 3.16. The van der Waals surface area contributed by atoms with E-state index in [1.165, 1.54) is 11.3 Å². The molecular formula is C24H45NO2SSi. The van der Waals surface area contributed by atoms with Crippen LogP contribution in [0.15, 0.2) is 17.0 Å². The molecule has 0 bridgehead atoms. The number of rotatable bonds is 12. The van der Waals surface area contributed by atoms with E-state index < -0.39 is 8.32 Å². The molecule has 0 amide bonds. The minimum absolute atomic E-state index is 0.210. The molecule has 1 aromatic rings. The molecule has 0 aliphatic rings. The first-order chi connectivity index (χ1) is 13.4. The summed E-state index contributed by atoms with van der Waals surface area (Å²) in [5.41, 5.74) is 2.64. The Kier molecular flexibility index (Phi) is 10.8. The van der Waals surface area contributed by atoms with Gasteiger partial charge in [-0.15, -0.1) is 11.3 Å². The highest BCUT2D eigenvalue weighted by atomic mass is 32.1. The van der Waals surface area contributed by atoms with Gasteiger partial charge in [-0.1, -0.05) is 46.3 Å². The average molecular weight is 440 g/mol. The molecule has 168 valence electrons. The van der Waals surface area contributed by atoms with Crippen LogP contribution in [-0.2, 0) is 10.8 Å². The van der Waals surface area contributed by atoms with E-state index in [-0.39, 0.29) is 11.1 Å². The van der Waals surface area contributed by atoms with E-state index in [0.29, 0.717) is 18.4 Å². The molecule has 3 nitrogen and oxygen atoms in total. The molecule has 0 radical (unpaired) electrons. The number of aliphatic hydroxyl groups excluding tert-OH is 1. The number of aliphatic hydroxyl groups is 1. The molecule has 29 heavy (non-hydrogen) atoms. The number of nitrogens with zero attached hydrogens (tertiary/aromatic N) is 1. The zero-order valence-corrected chi connectivity index (χ0v) is 22.2. The lowest BCUT2D eigenvalue weighted by Crippen LogP contribution is -2.45. The second-order valence-electron chi connectivity index (χ2n) is 10.4. The summed E-state index contributed by atoms with van der Waals surface area (Å²) >= 11 is 1.73. The minimum atomic E-state index is -1.83. The van der Waals surface area contributed by atoms with Gasteiger partial charge < -0.3 is 9.53 Å². The molecule has 3 atom stereocenters. The summed E-state index contributed by atoms with van der Waals surface area (Å²) < 4.78 is 6.89. The summed E-state index contributed by atoms with van der Waals surface area (Å²) in [4.78, 5) is 4.68. The number of aromatic nitrogens is 1. The molecule has 0 aliphatic carbocycles. The van der Waals surface area contributed by atoms with Crippen LogP contribution >= 0.6 is 11.3 Å². The molecule has 0 fully saturated rings. The van der Waals surface area contributed by atoms with Gasteiger partial charge in [0.1, 0.15) is 0 Å². The molecule has 1 rings (SSSR count). The van der Waals surface area contributed by atoms with E-state index in [1.807, 2.05) is 0 Å². The Morgan fingerprint density at radius 2 is 1.97 bits per heavy atom. The van der Waals surface area contributed by atoms with Crippen LogP contribution in [0.1, 0.15) is 77.9 Å². The zero-order valence-electron chi connectivity index (χ0n) is 20.3. The number of hydrogen-bond donors (Lipinski definition) is 1. The van der Waals surface area contributed by atoms with Crippen molar-refractivity contribution < 1.29 is 9.53 Å². The van der Waals surface area contributed by atoms with Gasteiger partial charge in [0.15, 0.2) is 8.32 Å². The highest BCUT2D eigenvalue weighted by Gasteiger charge is 2.40. The van der Waals surface area contributed by atoms with Crippen LogP contribution in [0.5, 0.6) is 0 Å². The zero-order chi connectivity index (χ0) is 22.2. The smallest absolute Gasteiger partial charge is 0.192 e. The summed E-state index contributed by atoms with van der Waals surface area (Å²) in [6, 6.07) is 0. The number of hydrogen-bond acceptors (Lipinski definition) is 4. The van der Waals surface area contributed by atoms with Crippen LogP contribution in [0.25, 0.3) is 0 Å². The van der Waals surface area contributed by atoms with Crippen molar-refractivity contribution in [1.29, 1.82) is 0 Å². The van der Waals surface area contributed by atoms with Crippen LogP contribution in [-0.4, -0.2) is 31.1 Å². The molecule has 1 heterocycles. The predicted molar refractivity (Wildman–Crippen MR) is 130 cm³/mol. The monoisotopic (exact) mass is 439 g/mol. The fourth-order valence-corrected chi connectivity index (χ4v) is 5.22. The van der Waals surface area contributed by atoms with Gasteiger partial charge >= 0.3 is 0 Å². The summed E-state index contributed by atoms with van der Waals surface area (Å²) in [5.74, 6) is 0.836. The molecule has 0 saturated heterocycles. The Bertz CT molecular complexity index is 633. The Balaban J connectivity index is 2.82. The second-order valence-corrected chi connectivity index (χ2v) is 16.2. The van der Waals surface area contributed by atoms with Gasteiger partial charge in [-0.05, 0) is 75.9 Å². The van der Waals surface area contributed by atoms with Gasteiger partial charge in [-0.2, -0.15) is 0 Å². The Morgan fingerprint density at radius 3 is 2.48 bits per heavy atom. The van der Waals surface area contributed by atoms with Gasteiger partial charge in [0, 0.05) is 12.0 Å². The third-order valence-corrected chi connectivity index (χ3v) is 11.7. The maximum atomic E-state index is 9.20. The van der Waals surface area contributed by atoms with Gasteiger partial charge in [0.25, 0.3) is 0 Å². The van der Waals surface area contributed by atoms with Crippen molar-refractivity contribution in [3.63, 3.8) is 0 Å². The van der Waals surface area contributed by atoms with E-state index in [1.54, 1.807) is 11.3 Å². The van der Waals surface area contributed by atoms with Crippen molar-refractivity contribution in [1.82, 2.24) is 4.98 Å². The molecule has 0 aliphatic heterocycles. The van der Waals surface area contributed by atoms with Crippen molar-refractivity contribution >= 4 is 19.7 Å². The summed E-state index contributed by atoms with van der Waals surface area (Å²) in [6.07, 6.45) is 7.91. The van der Waals surface area contributed by atoms with Crippen molar-refractivity contribution in [3.05, 3.63) is 27.7 Å². The van der Waals surface area contributed by atoms with E-state index in [4.69, 9.17) is 4.43 Å². The molecule has 0 saturated carbocycles. The van der Waals surface area contributed by atoms with Gasteiger partial charge in [0.2, 0.25) is 0 Å². The van der Waals surface area contributed by atoms with E-state index in [0.717, 1.165) is 37.1 Å².